The maximum atomic E-state index is 9.34. The molecule has 0 aliphatic heterocycles. The van der Waals surface area contributed by atoms with Gasteiger partial charge in [-0.05, 0) is 30.5 Å². The number of aliphatic hydroxyl groups is 1. The second-order valence-corrected chi connectivity index (χ2v) is 4.35. The smallest absolute Gasteiger partial charge is 0.129 e. The summed E-state index contributed by atoms with van der Waals surface area (Å²) in [6.07, 6.45) is 5.03. The zero-order chi connectivity index (χ0) is 11.6. The Labute approximate surface area is 99.0 Å². The van der Waals surface area contributed by atoms with E-state index >= 15 is 0 Å². The minimum atomic E-state index is -0.566. The Morgan fingerprint density at radius 1 is 1.50 bits per heavy atom. The Balaban J connectivity index is 2.37. The summed E-state index contributed by atoms with van der Waals surface area (Å²) < 4.78 is 0. The van der Waals surface area contributed by atoms with Crippen molar-refractivity contribution in [3.8, 4) is 6.07 Å². The maximum Gasteiger partial charge on any atom is 0.129 e. The summed E-state index contributed by atoms with van der Waals surface area (Å²) in [5, 5.41) is 19.1. The van der Waals surface area contributed by atoms with Crippen molar-refractivity contribution in [2.75, 3.05) is 0 Å². The van der Waals surface area contributed by atoms with Gasteiger partial charge in [0.2, 0.25) is 0 Å². The van der Waals surface area contributed by atoms with Gasteiger partial charge in [-0.15, -0.1) is 0 Å². The van der Waals surface area contributed by atoms with Crippen LogP contribution in [-0.4, -0.2) is 10.1 Å². The van der Waals surface area contributed by atoms with E-state index in [2.05, 4.69) is 11.1 Å². The number of aromatic nitrogens is 1. The number of nitriles is 1. The van der Waals surface area contributed by atoms with Crippen molar-refractivity contribution in [1.29, 1.82) is 5.26 Å². The van der Waals surface area contributed by atoms with Crippen LogP contribution in [0.3, 0.4) is 0 Å². The molecule has 16 heavy (non-hydrogen) atoms. The van der Waals surface area contributed by atoms with Gasteiger partial charge in [0.15, 0.2) is 0 Å². The second kappa shape index (κ2) is 4.15. The van der Waals surface area contributed by atoms with Crippen LogP contribution in [0.4, 0.5) is 0 Å². The molecular formula is C12H11ClN2O. The summed E-state index contributed by atoms with van der Waals surface area (Å²) in [6, 6.07) is 5.85. The molecule has 0 aromatic carbocycles. The van der Waals surface area contributed by atoms with E-state index in [1.165, 1.54) is 0 Å². The summed E-state index contributed by atoms with van der Waals surface area (Å²) in [6.45, 7) is 0. The van der Waals surface area contributed by atoms with Crippen molar-refractivity contribution < 1.29 is 5.11 Å². The van der Waals surface area contributed by atoms with Gasteiger partial charge < -0.3 is 5.11 Å². The number of allylic oxidation sites excluding steroid dienone is 2. The van der Waals surface area contributed by atoms with E-state index in [4.69, 9.17) is 11.6 Å². The highest BCUT2D eigenvalue weighted by Gasteiger charge is 2.34. The van der Waals surface area contributed by atoms with Crippen LogP contribution in [0.2, 0.25) is 5.15 Å². The first-order valence-electron chi connectivity index (χ1n) is 5.07. The van der Waals surface area contributed by atoms with E-state index in [1.54, 1.807) is 18.3 Å². The average molecular weight is 235 g/mol. The SMILES string of the molecule is N#CC1(c2ccc(Cl)nc2)CC=C(O)CC1. The molecule has 4 heteroatoms. The molecule has 1 heterocycles. The molecular weight excluding hydrogens is 224 g/mol. The molecule has 1 N–H and O–H groups in total. The fourth-order valence-corrected chi connectivity index (χ4v) is 2.04. The van der Waals surface area contributed by atoms with Crippen LogP contribution >= 0.6 is 11.6 Å². The fraction of sp³-hybridized carbons (Fsp3) is 0.333. The van der Waals surface area contributed by atoms with E-state index in [0.29, 0.717) is 30.2 Å². The summed E-state index contributed by atoms with van der Waals surface area (Å²) >= 11 is 5.72. The number of rotatable bonds is 1. The fourth-order valence-electron chi connectivity index (χ4n) is 1.92. The van der Waals surface area contributed by atoms with Gasteiger partial charge in [-0.3, -0.25) is 0 Å². The lowest BCUT2D eigenvalue weighted by Gasteiger charge is -2.28. The standard InChI is InChI=1S/C12H11ClN2O/c13-11-2-1-9(7-15-11)12(8-14)5-3-10(16)4-6-12/h1-3,7,16H,4-6H2. The second-order valence-electron chi connectivity index (χ2n) is 3.96. The molecule has 0 fully saturated rings. The molecule has 1 aliphatic carbocycles. The van der Waals surface area contributed by atoms with Crippen molar-refractivity contribution in [2.24, 2.45) is 0 Å². The Morgan fingerprint density at radius 3 is 2.81 bits per heavy atom. The van der Waals surface area contributed by atoms with Crippen LogP contribution in [0, 0.1) is 11.3 Å². The maximum absolute atomic E-state index is 9.34. The predicted molar refractivity (Wildman–Crippen MR) is 61.1 cm³/mol. The molecule has 2 rings (SSSR count). The molecule has 1 unspecified atom stereocenters. The van der Waals surface area contributed by atoms with Gasteiger partial charge in [0.25, 0.3) is 0 Å². The van der Waals surface area contributed by atoms with E-state index in [0.717, 1.165) is 5.56 Å². The Morgan fingerprint density at radius 2 is 2.31 bits per heavy atom. The summed E-state index contributed by atoms with van der Waals surface area (Å²) in [5.41, 5.74) is 0.298. The number of aliphatic hydroxyl groups excluding tert-OH is 1. The molecule has 1 aromatic heterocycles. The minimum absolute atomic E-state index is 0.368. The number of halogens is 1. The van der Waals surface area contributed by atoms with E-state index in [9.17, 15) is 10.4 Å². The van der Waals surface area contributed by atoms with Crippen molar-refractivity contribution in [3.05, 3.63) is 40.9 Å². The molecule has 0 radical (unpaired) electrons. The first kappa shape index (κ1) is 11.0. The highest BCUT2D eigenvalue weighted by atomic mass is 35.5. The zero-order valence-electron chi connectivity index (χ0n) is 8.65. The van der Waals surface area contributed by atoms with Gasteiger partial charge in [-0.25, -0.2) is 4.98 Å². The molecule has 0 amide bonds. The summed E-state index contributed by atoms with van der Waals surface area (Å²) in [7, 11) is 0. The normalized spacial score (nSPS) is 24.6. The number of hydrogen-bond donors (Lipinski definition) is 1. The van der Waals surface area contributed by atoms with Crippen molar-refractivity contribution >= 4 is 11.6 Å². The number of hydrogen-bond acceptors (Lipinski definition) is 3. The van der Waals surface area contributed by atoms with Crippen LogP contribution in [-0.2, 0) is 5.41 Å². The van der Waals surface area contributed by atoms with E-state index in [1.807, 2.05) is 6.07 Å². The highest BCUT2D eigenvalue weighted by Crippen LogP contribution is 2.37. The highest BCUT2D eigenvalue weighted by molar-refractivity contribution is 6.29. The van der Waals surface area contributed by atoms with Crippen LogP contribution in [0.1, 0.15) is 24.8 Å². The quantitative estimate of drug-likeness (QED) is 0.760. The molecule has 3 nitrogen and oxygen atoms in total. The van der Waals surface area contributed by atoms with Gasteiger partial charge in [-0.2, -0.15) is 5.26 Å². The van der Waals surface area contributed by atoms with E-state index in [-0.39, 0.29) is 0 Å². The molecule has 1 aliphatic rings. The van der Waals surface area contributed by atoms with Gasteiger partial charge in [0, 0.05) is 12.6 Å². The minimum Gasteiger partial charge on any atom is -0.513 e. The molecule has 0 saturated heterocycles. The number of pyridine rings is 1. The van der Waals surface area contributed by atoms with Crippen LogP contribution in [0.25, 0.3) is 0 Å². The average Bonchev–Trinajstić information content (AvgIpc) is 2.32. The first-order valence-corrected chi connectivity index (χ1v) is 5.45. The van der Waals surface area contributed by atoms with Gasteiger partial charge in [0.05, 0.1) is 17.2 Å². The topological polar surface area (TPSA) is 56.9 Å². The zero-order valence-corrected chi connectivity index (χ0v) is 9.41. The number of nitrogens with zero attached hydrogens (tertiary/aromatic N) is 2. The monoisotopic (exact) mass is 234 g/mol. The Hall–Kier alpha value is -1.53. The Bertz CT molecular complexity index is 461. The molecule has 1 aromatic rings. The summed E-state index contributed by atoms with van der Waals surface area (Å²) in [5.74, 6) is 0.368. The molecule has 1 atom stereocenters. The van der Waals surface area contributed by atoms with Crippen molar-refractivity contribution in [2.45, 2.75) is 24.7 Å². The Kier molecular flexibility index (Phi) is 2.84. The molecule has 0 spiro atoms. The van der Waals surface area contributed by atoms with Crippen molar-refractivity contribution in [1.82, 2.24) is 4.98 Å². The van der Waals surface area contributed by atoms with Crippen LogP contribution in [0.5, 0.6) is 0 Å². The van der Waals surface area contributed by atoms with Crippen molar-refractivity contribution in [3.63, 3.8) is 0 Å². The van der Waals surface area contributed by atoms with Gasteiger partial charge in [-0.1, -0.05) is 17.7 Å². The molecule has 0 saturated carbocycles. The molecule has 82 valence electrons. The van der Waals surface area contributed by atoms with Crippen LogP contribution < -0.4 is 0 Å². The first-order chi connectivity index (χ1) is 7.66. The van der Waals surface area contributed by atoms with Gasteiger partial charge >= 0.3 is 0 Å². The third-order valence-corrected chi connectivity index (χ3v) is 3.21. The van der Waals surface area contributed by atoms with Gasteiger partial charge in [0.1, 0.15) is 5.15 Å². The lowest BCUT2D eigenvalue weighted by Crippen LogP contribution is -2.26. The van der Waals surface area contributed by atoms with E-state index < -0.39 is 5.41 Å². The lowest BCUT2D eigenvalue weighted by atomic mass is 9.73. The van der Waals surface area contributed by atoms with Crippen LogP contribution in [0.15, 0.2) is 30.2 Å². The lowest BCUT2D eigenvalue weighted by molar-refractivity contribution is 0.338. The predicted octanol–water partition coefficient (Wildman–Crippen LogP) is 3.12. The third-order valence-electron chi connectivity index (χ3n) is 2.99. The molecule has 0 bridgehead atoms. The third kappa shape index (κ3) is 1.89. The summed E-state index contributed by atoms with van der Waals surface area (Å²) in [4.78, 5) is 4.00. The largest absolute Gasteiger partial charge is 0.513 e.